The number of hydrogen-bond donors (Lipinski definition) is 0. The van der Waals surface area contributed by atoms with Gasteiger partial charge in [-0.2, -0.15) is 5.26 Å². The normalized spacial score (nSPS) is 9.95. The van der Waals surface area contributed by atoms with E-state index in [1.54, 1.807) is 43.6 Å². The van der Waals surface area contributed by atoms with E-state index in [4.69, 9.17) is 10.00 Å². The van der Waals surface area contributed by atoms with Gasteiger partial charge in [0, 0.05) is 11.8 Å². The summed E-state index contributed by atoms with van der Waals surface area (Å²) in [5.41, 5.74) is 2.02. The van der Waals surface area contributed by atoms with Crippen LogP contribution in [0.2, 0.25) is 0 Å². The van der Waals surface area contributed by atoms with Crippen molar-refractivity contribution in [1.29, 1.82) is 5.26 Å². The van der Waals surface area contributed by atoms with Crippen LogP contribution in [0.5, 0.6) is 5.75 Å². The molecule has 0 unspecified atom stereocenters. The van der Waals surface area contributed by atoms with Crippen molar-refractivity contribution < 1.29 is 9.53 Å². The highest BCUT2D eigenvalue weighted by molar-refractivity contribution is 8.00. The second kappa shape index (κ2) is 6.91. The first-order valence-corrected chi connectivity index (χ1v) is 7.30. The van der Waals surface area contributed by atoms with Crippen LogP contribution >= 0.6 is 11.8 Å². The van der Waals surface area contributed by atoms with E-state index in [1.807, 2.05) is 6.92 Å². The summed E-state index contributed by atoms with van der Waals surface area (Å²) in [4.78, 5) is 16.3. The summed E-state index contributed by atoms with van der Waals surface area (Å²) in [6.45, 7) is 1.86. The van der Waals surface area contributed by atoms with Gasteiger partial charge in [0.15, 0.2) is 5.78 Å². The van der Waals surface area contributed by atoms with E-state index in [2.05, 4.69) is 11.1 Å². The second-order valence-corrected chi connectivity index (χ2v) is 5.32. The van der Waals surface area contributed by atoms with Crippen LogP contribution in [-0.2, 0) is 0 Å². The van der Waals surface area contributed by atoms with Gasteiger partial charge in [-0.3, -0.25) is 4.79 Å². The van der Waals surface area contributed by atoms with Gasteiger partial charge in [-0.1, -0.05) is 11.8 Å². The highest BCUT2D eigenvalue weighted by Crippen LogP contribution is 2.23. The van der Waals surface area contributed by atoms with E-state index < -0.39 is 0 Å². The van der Waals surface area contributed by atoms with Crippen LogP contribution in [0.1, 0.15) is 21.5 Å². The first kappa shape index (κ1) is 15.1. The molecule has 2 aromatic rings. The molecule has 1 aromatic heterocycles. The minimum atomic E-state index is -0.00477. The Balaban J connectivity index is 2.07. The first-order chi connectivity index (χ1) is 10.2. The van der Waals surface area contributed by atoms with Crippen molar-refractivity contribution in [1.82, 2.24) is 4.98 Å². The lowest BCUT2D eigenvalue weighted by molar-refractivity contribution is 0.102. The average Bonchev–Trinajstić information content (AvgIpc) is 2.52. The van der Waals surface area contributed by atoms with Crippen LogP contribution in [0.15, 0.2) is 41.6 Å². The number of rotatable bonds is 5. The van der Waals surface area contributed by atoms with E-state index in [-0.39, 0.29) is 11.5 Å². The number of carbonyl (C=O) groups is 1. The average molecular weight is 298 g/mol. The number of thioether (sulfide) groups is 1. The molecular formula is C16H14N2O2S. The van der Waals surface area contributed by atoms with Gasteiger partial charge in [0.05, 0.1) is 18.4 Å². The van der Waals surface area contributed by atoms with Gasteiger partial charge in [-0.15, -0.1) is 0 Å². The summed E-state index contributed by atoms with van der Waals surface area (Å²) in [5.74, 6) is 0.957. The number of aromatic nitrogens is 1. The molecular weight excluding hydrogens is 284 g/mol. The molecule has 0 N–H and O–H groups in total. The minimum Gasteiger partial charge on any atom is -0.497 e. The van der Waals surface area contributed by atoms with Crippen LogP contribution in [0.25, 0.3) is 0 Å². The molecule has 2 rings (SSSR count). The first-order valence-electron chi connectivity index (χ1n) is 6.31. The van der Waals surface area contributed by atoms with Crippen LogP contribution in [-0.4, -0.2) is 23.6 Å². The molecule has 0 saturated heterocycles. The number of nitriles is 1. The zero-order valence-electron chi connectivity index (χ0n) is 11.8. The Morgan fingerprint density at radius 1 is 1.33 bits per heavy atom. The fraction of sp³-hybridized carbons (Fsp3) is 0.188. The summed E-state index contributed by atoms with van der Waals surface area (Å²) in [5, 5.41) is 9.73. The van der Waals surface area contributed by atoms with Crippen molar-refractivity contribution in [3.8, 4) is 11.8 Å². The highest BCUT2D eigenvalue weighted by atomic mass is 32.2. The summed E-state index contributed by atoms with van der Waals surface area (Å²) in [7, 11) is 1.58. The monoisotopic (exact) mass is 298 g/mol. The summed E-state index contributed by atoms with van der Waals surface area (Å²) in [6, 6.07) is 10.9. The lowest BCUT2D eigenvalue weighted by Gasteiger charge is -2.05. The highest BCUT2D eigenvalue weighted by Gasteiger charge is 2.11. The quantitative estimate of drug-likeness (QED) is 0.626. The van der Waals surface area contributed by atoms with Crippen molar-refractivity contribution in [3.05, 3.63) is 53.2 Å². The molecule has 1 heterocycles. The molecule has 0 radical (unpaired) electrons. The van der Waals surface area contributed by atoms with E-state index >= 15 is 0 Å². The third-order valence-corrected chi connectivity index (χ3v) is 3.98. The fourth-order valence-corrected chi connectivity index (χ4v) is 2.69. The number of methoxy groups -OCH3 is 1. The third kappa shape index (κ3) is 3.61. The Hall–Kier alpha value is -2.32. The Labute approximate surface area is 127 Å². The lowest BCUT2D eigenvalue weighted by atomic mass is 10.1. The Morgan fingerprint density at radius 2 is 2.05 bits per heavy atom. The Morgan fingerprint density at radius 3 is 2.67 bits per heavy atom. The number of nitrogens with zero attached hydrogens (tertiary/aromatic N) is 2. The zero-order chi connectivity index (χ0) is 15.2. The van der Waals surface area contributed by atoms with Gasteiger partial charge < -0.3 is 4.74 Å². The molecule has 1 aromatic carbocycles. The number of carbonyl (C=O) groups excluding carboxylic acids is 1. The van der Waals surface area contributed by atoms with Crippen molar-refractivity contribution in [2.75, 3.05) is 12.9 Å². The molecule has 0 aliphatic heterocycles. The summed E-state index contributed by atoms with van der Waals surface area (Å²) < 4.78 is 5.06. The molecule has 0 spiro atoms. The van der Waals surface area contributed by atoms with Gasteiger partial charge in [-0.25, -0.2) is 4.98 Å². The van der Waals surface area contributed by atoms with Gasteiger partial charge in [0.2, 0.25) is 0 Å². The van der Waals surface area contributed by atoms with E-state index in [1.165, 1.54) is 11.8 Å². The van der Waals surface area contributed by atoms with Crippen molar-refractivity contribution in [3.63, 3.8) is 0 Å². The number of ether oxygens (including phenoxy) is 1. The SMILES string of the molecule is COc1ccc(C(=O)CSc2nccc(C)c2C#N)cc1. The molecule has 0 aliphatic rings. The summed E-state index contributed by atoms with van der Waals surface area (Å²) >= 11 is 1.28. The Kier molecular flexibility index (Phi) is 4.96. The molecule has 0 amide bonds. The number of pyridine rings is 1. The maximum absolute atomic E-state index is 12.1. The van der Waals surface area contributed by atoms with E-state index in [9.17, 15) is 4.79 Å². The van der Waals surface area contributed by atoms with Crippen LogP contribution in [0, 0.1) is 18.3 Å². The molecule has 0 aliphatic carbocycles. The standard InChI is InChI=1S/C16H14N2O2S/c1-11-7-8-18-16(14(11)9-17)21-10-15(19)12-3-5-13(20-2)6-4-12/h3-8H,10H2,1-2H3. The summed E-state index contributed by atoms with van der Waals surface area (Å²) in [6.07, 6.45) is 1.65. The number of ketones is 1. The molecule has 4 nitrogen and oxygen atoms in total. The molecule has 106 valence electrons. The molecule has 0 fully saturated rings. The van der Waals surface area contributed by atoms with Crippen LogP contribution < -0.4 is 4.74 Å². The Bertz CT molecular complexity index is 690. The van der Waals surface area contributed by atoms with Crippen LogP contribution in [0.4, 0.5) is 0 Å². The number of benzene rings is 1. The topological polar surface area (TPSA) is 63.0 Å². The largest absolute Gasteiger partial charge is 0.497 e. The number of aryl methyl sites for hydroxylation is 1. The second-order valence-electron chi connectivity index (χ2n) is 4.36. The maximum atomic E-state index is 12.1. The van der Waals surface area contributed by atoms with Crippen molar-refractivity contribution >= 4 is 17.5 Å². The predicted octanol–water partition coefficient (Wildman–Crippen LogP) is 3.25. The maximum Gasteiger partial charge on any atom is 0.173 e. The molecule has 0 atom stereocenters. The molecule has 5 heteroatoms. The number of hydrogen-bond acceptors (Lipinski definition) is 5. The van der Waals surface area contributed by atoms with E-state index in [0.29, 0.717) is 21.9 Å². The van der Waals surface area contributed by atoms with E-state index in [0.717, 1.165) is 5.56 Å². The minimum absolute atomic E-state index is 0.00477. The van der Waals surface area contributed by atoms with Crippen molar-refractivity contribution in [2.24, 2.45) is 0 Å². The number of Topliss-reactive ketones (excluding diaryl/α,β-unsaturated/α-hetero) is 1. The lowest BCUT2D eigenvalue weighted by Crippen LogP contribution is -2.03. The predicted molar refractivity (Wildman–Crippen MR) is 81.7 cm³/mol. The van der Waals surface area contributed by atoms with Gasteiger partial charge in [0.1, 0.15) is 16.8 Å². The third-order valence-electron chi connectivity index (χ3n) is 2.99. The smallest absolute Gasteiger partial charge is 0.173 e. The molecule has 0 bridgehead atoms. The van der Waals surface area contributed by atoms with Gasteiger partial charge in [-0.05, 0) is 42.8 Å². The van der Waals surface area contributed by atoms with Gasteiger partial charge >= 0.3 is 0 Å². The fourth-order valence-electron chi connectivity index (χ4n) is 1.77. The zero-order valence-corrected chi connectivity index (χ0v) is 12.6. The molecule has 21 heavy (non-hydrogen) atoms. The van der Waals surface area contributed by atoms with Gasteiger partial charge in [0.25, 0.3) is 0 Å². The van der Waals surface area contributed by atoms with Crippen LogP contribution in [0.3, 0.4) is 0 Å². The van der Waals surface area contributed by atoms with Crippen molar-refractivity contribution in [2.45, 2.75) is 11.9 Å². The molecule has 0 saturated carbocycles.